The molecule has 28 heavy (non-hydrogen) atoms. The van der Waals surface area contributed by atoms with E-state index >= 15 is 0 Å². The molecule has 1 aliphatic carbocycles. The van der Waals surface area contributed by atoms with Crippen LogP contribution in [0.2, 0.25) is 0 Å². The molecule has 1 aliphatic heterocycles. The first-order chi connectivity index (χ1) is 13.5. The van der Waals surface area contributed by atoms with Crippen molar-refractivity contribution in [2.75, 3.05) is 11.4 Å². The quantitative estimate of drug-likeness (QED) is 0.846. The van der Waals surface area contributed by atoms with E-state index in [1.807, 2.05) is 6.07 Å². The minimum absolute atomic E-state index is 0.142. The molecule has 0 unspecified atom stereocenters. The zero-order valence-corrected chi connectivity index (χ0v) is 15.5. The number of aromatic nitrogens is 2. The fourth-order valence-corrected chi connectivity index (χ4v) is 4.19. The smallest absolute Gasteiger partial charge is 0.150 e. The van der Waals surface area contributed by atoms with Crippen LogP contribution in [0.15, 0.2) is 54.5 Å². The molecular weight excluding hydrogens is 360 g/mol. The summed E-state index contributed by atoms with van der Waals surface area (Å²) in [6.45, 7) is 0.252. The molecular formula is C21H23F2N5. The summed E-state index contributed by atoms with van der Waals surface area (Å²) >= 11 is 0. The number of hydrogen-bond acceptors (Lipinski definition) is 5. The van der Waals surface area contributed by atoms with Gasteiger partial charge in [-0.2, -0.15) is 0 Å². The van der Waals surface area contributed by atoms with Crippen molar-refractivity contribution in [3.63, 3.8) is 0 Å². The monoisotopic (exact) mass is 383 g/mol. The molecule has 0 bridgehead atoms. The number of pyridine rings is 2. The van der Waals surface area contributed by atoms with Crippen LogP contribution in [0.3, 0.4) is 0 Å². The zero-order chi connectivity index (χ0) is 19.7. The first kappa shape index (κ1) is 18.6. The summed E-state index contributed by atoms with van der Waals surface area (Å²) < 4.78 is 29.5. The van der Waals surface area contributed by atoms with Crippen LogP contribution in [0.4, 0.5) is 14.5 Å². The van der Waals surface area contributed by atoms with Crippen molar-refractivity contribution < 1.29 is 8.78 Å². The Bertz CT molecular complexity index is 940. The summed E-state index contributed by atoms with van der Waals surface area (Å²) in [6.07, 6.45) is 11.1. The molecule has 5 nitrogen and oxygen atoms in total. The second-order valence-electron chi connectivity index (χ2n) is 7.42. The maximum absolute atomic E-state index is 15.0. The van der Waals surface area contributed by atoms with Crippen LogP contribution in [0, 0.1) is 5.82 Å². The average molecular weight is 383 g/mol. The maximum Gasteiger partial charge on any atom is 0.150 e. The van der Waals surface area contributed by atoms with E-state index in [2.05, 4.69) is 9.97 Å². The van der Waals surface area contributed by atoms with Gasteiger partial charge in [0, 0.05) is 29.7 Å². The molecule has 4 N–H and O–H groups in total. The van der Waals surface area contributed by atoms with Crippen LogP contribution < -0.4 is 16.4 Å². The summed E-state index contributed by atoms with van der Waals surface area (Å²) in [7, 11) is 0. The third-order valence-corrected chi connectivity index (χ3v) is 5.45. The van der Waals surface area contributed by atoms with Gasteiger partial charge in [0.15, 0.2) is 5.82 Å². The highest BCUT2D eigenvalue weighted by Gasteiger charge is 2.30. The summed E-state index contributed by atoms with van der Waals surface area (Å²) in [5.41, 5.74) is 14.6. The highest BCUT2D eigenvalue weighted by molar-refractivity contribution is 5.84. The summed E-state index contributed by atoms with van der Waals surface area (Å²) in [6, 6.07) is 3.57. The molecule has 2 atom stereocenters. The normalized spacial score (nSPS) is 23.0. The lowest BCUT2D eigenvalue weighted by molar-refractivity contribution is 0.393. The van der Waals surface area contributed by atoms with Crippen LogP contribution in [-0.4, -0.2) is 22.6 Å². The third kappa shape index (κ3) is 3.49. The van der Waals surface area contributed by atoms with Crippen LogP contribution in [0.25, 0.3) is 5.70 Å². The van der Waals surface area contributed by atoms with Gasteiger partial charge >= 0.3 is 0 Å². The molecule has 0 aromatic carbocycles. The molecule has 1 saturated carbocycles. The largest absolute Gasteiger partial charge is 0.400 e. The molecule has 0 spiro atoms. The predicted octanol–water partition coefficient (Wildman–Crippen LogP) is 3.60. The van der Waals surface area contributed by atoms with E-state index in [-0.39, 0.29) is 29.8 Å². The number of rotatable bonds is 3. The van der Waals surface area contributed by atoms with Crippen molar-refractivity contribution in [2.45, 2.75) is 37.6 Å². The number of halogens is 2. The molecule has 2 aromatic rings. The molecule has 7 heteroatoms. The molecule has 2 aliphatic rings. The second-order valence-corrected chi connectivity index (χ2v) is 7.42. The minimum Gasteiger partial charge on any atom is -0.400 e. The van der Waals surface area contributed by atoms with Crippen LogP contribution >= 0.6 is 0 Å². The van der Waals surface area contributed by atoms with Crippen molar-refractivity contribution in [2.24, 2.45) is 11.5 Å². The van der Waals surface area contributed by atoms with Gasteiger partial charge in [-0.3, -0.25) is 9.97 Å². The molecule has 0 amide bonds. The van der Waals surface area contributed by atoms with E-state index in [0.29, 0.717) is 5.70 Å². The Morgan fingerprint density at radius 3 is 2.64 bits per heavy atom. The first-order valence-corrected chi connectivity index (χ1v) is 9.47. The Kier molecular flexibility index (Phi) is 5.09. The first-order valence-electron chi connectivity index (χ1n) is 9.47. The molecule has 4 rings (SSSR count). The van der Waals surface area contributed by atoms with Gasteiger partial charge in [0.2, 0.25) is 0 Å². The van der Waals surface area contributed by atoms with Crippen molar-refractivity contribution in [1.82, 2.24) is 9.97 Å². The number of allylic oxidation sites excluding steroid dienone is 2. The fourth-order valence-electron chi connectivity index (χ4n) is 4.19. The molecule has 2 aromatic heterocycles. The summed E-state index contributed by atoms with van der Waals surface area (Å²) in [5, 5.41) is 0. The minimum atomic E-state index is -0.586. The summed E-state index contributed by atoms with van der Waals surface area (Å²) in [5.74, 6) is -0.916. The SMILES string of the molecule is NC1=CC(F)=C(c2ccncc2F)N(c2cnccc2[C@@H]2CCC[C@H](N)C2)C1. The van der Waals surface area contributed by atoms with Gasteiger partial charge < -0.3 is 16.4 Å². The van der Waals surface area contributed by atoms with Gasteiger partial charge in [-0.1, -0.05) is 6.42 Å². The number of anilines is 1. The van der Waals surface area contributed by atoms with Gasteiger partial charge in [-0.05, 0) is 49.0 Å². The third-order valence-electron chi connectivity index (χ3n) is 5.45. The Labute approximate surface area is 162 Å². The van der Waals surface area contributed by atoms with E-state index in [9.17, 15) is 8.78 Å². The number of nitrogens with two attached hydrogens (primary N) is 2. The van der Waals surface area contributed by atoms with Crippen molar-refractivity contribution in [3.8, 4) is 0 Å². The molecule has 146 valence electrons. The van der Waals surface area contributed by atoms with Crippen LogP contribution in [0.1, 0.15) is 42.7 Å². The Balaban J connectivity index is 1.82. The topological polar surface area (TPSA) is 81.1 Å². The zero-order valence-electron chi connectivity index (χ0n) is 15.5. The number of nitrogens with zero attached hydrogens (tertiary/aromatic N) is 3. The lowest BCUT2D eigenvalue weighted by atomic mass is 9.81. The molecule has 0 radical (unpaired) electrons. The van der Waals surface area contributed by atoms with Gasteiger partial charge in [-0.15, -0.1) is 0 Å². The molecule has 0 saturated heterocycles. The standard InChI is InChI=1S/C21H23F2N5/c22-18-9-15(25)12-28(21(18)17-5-7-26-10-19(17)23)20-11-27-6-4-16(20)13-2-1-3-14(24)8-13/h4-7,9-11,13-14H,1-3,8,12,24-25H2/t13-,14+/m1/s1. The second kappa shape index (κ2) is 7.67. The van der Waals surface area contributed by atoms with Crippen LogP contribution in [-0.2, 0) is 0 Å². The van der Waals surface area contributed by atoms with Gasteiger partial charge in [0.25, 0.3) is 0 Å². The van der Waals surface area contributed by atoms with E-state index in [4.69, 9.17) is 11.5 Å². The van der Waals surface area contributed by atoms with Crippen LogP contribution in [0.5, 0.6) is 0 Å². The van der Waals surface area contributed by atoms with E-state index in [0.717, 1.165) is 43.1 Å². The Hall–Kier alpha value is -2.80. The van der Waals surface area contributed by atoms with Crippen molar-refractivity contribution in [3.05, 3.63) is 71.5 Å². The molecule has 1 fully saturated rings. The maximum atomic E-state index is 15.0. The van der Waals surface area contributed by atoms with Gasteiger partial charge in [-0.25, -0.2) is 8.78 Å². The highest BCUT2D eigenvalue weighted by Crippen LogP contribution is 2.41. The molecule has 3 heterocycles. The van der Waals surface area contributed by atoms with Crippen molar-refractivity contribution in [1.29, 1.82) is 0 Å². The Morgan fingerprint density at radius 1 is 1.07 bits per heavy atom. The van der Waals surface area contributed by atoms with Crippen molar-refractivity contribution >= 4 is 11.4 Å². The predicted molar refractivity (Wildman–Crippen MR) is 105 cm³/mol. The average Bonchev–Trinajstić information content (AvgIpc) is 2.68. The van der Waals surface area contributed by atoms with E-state index in [1.54, 1.807) is 17.3 Å². The van der Waals surface area contributed by atoms with Gasteiger partial charge in [0.05, 0.1) is 30.3 Å². The summed E-state index contributed by atoms with van der Waals surface area (Å²) in [4.78, 5) is 9.74. The Morgan fingerprint density at radius 2 is 1.86 bits per heavy atom. The van der Waals surface area contributed by atoms with E-state index < -0.39 is 11.6 Å². The van der Waals surface area contributed by atoms with E-state index in [1.165, 1.54) is 18.3 Å². The van der Waals surface area contributed by atoms with Gasteiger partial charge in [0.1, 0.15) is 5.83 Å². The fraction of sp³-hybridized carbons (Fsp3) is 0.333. The lowest BCUT2D eigenvalue weighted by Crippen LogP contribution is -2.33. The highest BCUT2D eigenvalue weighted by atomic mass is 19.1. The number of hydrogen-bond donors (Lipinski definition) is 2. The lowest BCUT2D eigenvalue weighted by Gasteiger charge is -2.35.